The Labute approximate surface area is 476 Å². The molecule has 29 heteroatoms. The fourth-order valence-electron chi connectivity index (χ4n) is 10.2. The van der Waals surface area contributed by atoms with Crippen LogP contribution in [0, 0.1) is 40.2 Å². The number of nitrogens with zero attached hydrogens (tertiary/aromatic N) is 7. The third kappa shape index (κ3) is 15.0. The normalized spacial score (nSPS) is 18.2. The molecule has 2 bridgehead atoms. The summed E-state index contributed by atoms with van der Waals surface area (Å²) in [5, 5.41) is 7.89. The Bertz CT molecular complexity index is 3040. The Hall–Kier alpha value is -7.58. The van der Waals surface area contributed by atoms with Gasteiger partial charge in [0, 0.05) is 86.3 Å². The zero-order chi connectivity index (χ0) is 61.6. The quantitative estimate of drug-likeness (QED) is 0.0240. The highest BCUT2D eigenvalue weighted by atomic mass is 19.4. The van der Waals surface area contributed by atoms with Crippen LogP contribution in [0.2, 0.25) is 0 Å². The van der Waals surface area contributed by atoms with Gasteiger partial charge in [-0.25, -0.2) is 38.0 Å². The van der Waals surface area contributed by atoms with Crippen LogP contribution in [-0.4, -0.2) is 155 Å². The number of ether oxygens (including phenoxy) is 4. The number of amides is 3. The van der Waals surface area contributed by atoms with E-state index in [2.05, 4.69) is 51.6 Å². The van der Waals surface area contributed by atoms with E-state index < -0.39 is 127 Å². The van der Waals surface area contributed by atoms with E-state index in [4.69, 9.17) is 9.47 Å². The number of rotatable bonds is 21. The molecule has 3 aliphatic heterocycles. The standard InChI is InChI=1S/C55H62F10N10O9/c1-30(76)84-44(27-73(71-47(78)46(69-51(80)82-7)53(4,5)55(63,64)65)26-39-40(56)19-34(20-41(39)57)42-16-17-74(70-42)48(58)59)35(21-43(77)45(68-50(79)81-6)52(2,3)54(60,61)62)18-32-11-8-31(9-12-32)10-13-33-22-66-49(67-23-33)72-24-36-14-15-37(25-72)75(36)38-28-83-29-38/h8-9,11-12,16-17,19-20,22-23,35-38,44-46,48H,14-15,18,21,24-29H2,1-7H3,(H,68,79)(H,69,80)(H,71,78)/t35-,36?,37?,44+,45-,46-/m1/s1. The highest BCUT2D eigenvalue weighted by Gasteiger charge is 2.57. The van der Waals surface area contributed by atoms with Crippen LogP contribution in [0.15, 0.2) is 61.1 Å². The van der Waals surface area contributed by atoms with E-state index in [1.54, 1.807) is 29.8 Å². The molecule has 0 saturated carbocycles. The van der Waals surface area contributed by atoms with Gasteiger partial charge in [-0.2, -0.15) is 40.2 Å². The molecule has 3 amide bonds. The van der Waals surface area contributed by atoms with Crippen LogP contribution >= 0.6 is 0 Å². The minimum absolute atomic E-state index is 0.196. The van der Waals surface area contributed by atoms with E-state index in [0.717, 1.165) is 72.6 Å². The number of esters is 1. The molecule has 2 aromatic carbocycles. The third-order valence-corrected chi connectivity index (χ3v) is 15.3. The summed E-state index contributed by atoms with van der Waals surface area (Å²) in [6, 6.07) is 4.65. The van der Waals surface area contributed by atoms with Crippen molar-refractivity contribution in [1.82, 2.24) is 45.7 Å². The number of hydrogen-bond donors (Lipinski definition) is 3. The molecule has 2 unspecified atom stereocenters. The number of hydrogen-bond acceptors (Lipinski definition) is 15. The first-order valence-electron chi connectivity index (χ1n) is 26.3. The lowest BCUT2D eigenvalue weighted by molar-refractivity contribution is -0.221. The summed E-state index contributed by atoms with van der Waals surface area (Å²) in [6.45, 7) is 0.871. The first-order valence-corrected chi connectivity index (χ1v) is 26.3. The largest absolute Gasteiger partial charge is 0.461 e. The number of alkyl halides is 8. The number of hydrazine groups is 1. The van der Waals surface area contributed by atoms with Crippen molar-refractivity contribution in [2.24, 2.45) is 16.7 Å². The first kappa shape index (κ1) is 64.0. The molecule has 456 valence electrons. The number of Topliss-reactive ketones (excluding diaryl/α,β-unsaturated/α-hetero) is 1. The number of anilines is 1. The van der Waals surface area contributed by atoms with Crippen LogP contribution in [0.3, 0.4) is 0 Å². The predicted octanol–water partition coefficient (Wildman–Crippen LogP) is 7.67. The van der Waals surface area contributed by atoms with Crippen molar-refractivity contribution in [2.75, 3.05) is 52.0 Å². The fraction of sp³-hybridized carbons (Fsp3) is 0.527. The van der Waals surface area contributed by atoms with Crippen molar-refractivity contribution in [3.63, 3.8) is 0 Å². The van der Waals surface area contributed by atoms with Gasteiger partial charge in [0.05, 0.1) is 62.1 Å². The second kappa shape index (κ2) is 26.1. The van der Waals surface area contributed by atoms with E-state index in [1.807, 2.05) is 5.32 Å². The molecule has 4 aromatic rings. The number of nitrogens with one attached hydrogen (secondary N) is 3. The number of benzene rings is 2. The lowest BCUT2D eigenvalue weighted by atomic mass is 9.77. The Morgan fingerprint density at radius 2 is 1.33 bits per heavy atom. The van der Waals surface area contributed by atoms with Gasteiger partial charge in [0.2, 0.25) is 5.95 Å². The highest BCUT2D eigenvalue weighted by Crippen LogP contribution is 2.43. The van der Waals surface area contributed by atoms with Crippen molar-refractivity contribution < 1.29 is 86.8 Å². The molecule has 3 saturated heterocycles. The molecule has 3 aliphatic rings. The summed E-state index contributed by atoms with van der Waals surface area (Å²) in [5.41, 5.74) is -4.47. The van der Waals surface area contributed by atoms with Crippen molar-refractivity contribution in [2.45, 2.75) is 122 Å². The second-order valence-electron chi connectivity index (χ2n) is 21.7. The molecule has 0 aliphatic carbocycles. The summed E-state index contributed by atoms with van der Waals surface area (Å²) >= 11 is 0. The Kier molecular flexibility index (Phi) is 19.9. The van der Waals surface area contributed by atoms with Crippen LogP contribution in [0.5, 0.6) is 0 Å². The van der Waals surface area contributed by atoms with Gasteiger partial charge < -0.3 is 34.5 Å². The number of halogens is 10. The summed E-state index contributed by atoms with van der Waals surface area (Å²) in [5.74, 6) is -1.98. The lowest BCUT2D eigenvalue weighted by Crippen LogP contribution is -2.62. The van der Waals surface area contributed by atoms with Gasteiger partial charge in [0.1, 0.15) is 29.8 Å². The fourth-order valence-corrected chi connectivity index (χ4v) is 10.2. The first-order chi connectivity index (χ1) is 39.4. The molecule has 3 N–H and O–H groups in total. The van der Waals surface area contributed by atoms with Crippen LogP contribution in [0.25, 0.3) is 11.3 Å². The molecular weight excluding hydrogens is 1130 g/mol. The van der Waals surface area contributed by atoms with E-state index in [-0.39, 0.29) is 15.9 Å². The van der Waals surface area contributed by atoms with Gasteiger partial charge in [0.25, 0.3) is 5.91 Å². The minimum Gasteiger partial charge on any atom is -0.461 e. The van der Waals surface area contributed by atoms with Crippen LogP contribution in [0.1, 0.15) is 82.7 Å². The molecule has 19 nitrogen and oxygen atoms in total. The number of carbonyl (C=O) groups is 5. The van der Waals surface area contributed by atoms with Gasteiger partial charge in [-0.05, 0) is 82.9 Å². The number of piperazine rings is 1. The van der Waals surface area contributed by atoms with Gasteiger partial charge >= 0.3 is 37.1 Å². The molecule has 7 rings (SSSR count). The maximum absolute atomic E-state index is 16.2. The predicted molar refractivity (Wildman–Crippen MR) is 278 cm³/mol. The molecule has 84 heavy (non-hydrogen) atoms. The summed E-state index contributed by atoms with van der Waals surface area (Å²) < 4.78 is 168. The monoisotopic (exact) mass is 1200 g/mol. The van der Waals surface area contributed by atoms with Crippen LogP contribution in [0.4, 0.5) is 59.4 Å². The number of fused-ring (bicyclic) bond motifs is 2. The molecule has 6 atom stereocenters. The molecule has 5 heterocycles. The maximum Gasteiger partial charge on any atom is 0.407 e. The van der Waals surface area contributed by atoms with Gasteiger partial charge in [-0.15, -0.1) is 0 Å². The average molecular weight is 1200 g/mol. The number of carbonyl (C=O) groups excluding carboxylic acids is 5. The Morgan fingerprint density at radius 3 is 1.83 bits per heavy atom. The van der Waals surface area contributed by atoms with Crippen molar-refractivity contribution in [3.05, 3.63) is 94.9 Å². The van der Waals surface area contributed by atoms with E-state index in [1.165, 1.54) is 12.1 Å². The lowest BCUT2D eigenvalue weighted by Gasteiger charge is -2.47. The van der Waals surface area contributed by atoms with E-state index in [9.17, 15) is 59.1 Å². The minimum atomic E-state index is -5.25. The Morgan fingerprint density at radius 1 is 0.786 bits per heavy atom. The third-order valence-electron chi connectivity index (χ3n) is 15.3. The van der Waals surface area contributed by atoms with Crippen LogP contribution < -0.4 is 21.0 Å². The SMILES string of the molecule is COC(=O)N[C@H](C(=O)C[C@@H](Cc1ccc(C#Cc2cnc(N3CC4CCC(C3)N4C3COC3)nc2)cc1)[C@H](CN(Cc1c(F)cc(-c2ccn(C(F)F)n2)cc1F)NC(=O)[C@@H](NC(=O)OC)C(C)(C)C(F)(F)F)OC(C)=O)C(C)(C)C(F)(F)F. The van der Waals surface area contributed by atoms with Gasteiger partial charge in [-0.3, -0.25) is 24.7 Å². The summed E-state index contributed by atoms with van der Waals surface area (Å²) in [4.78, 5) is 80.6. The maximum atomic E-state index is 16.2. The van der Waals surface area contributed by atoms with Crippen molar-refractivity contribution in [1.29, 1.82) is 0 Å². The summed E-state index contributed by atoms with van der Waals surface area (Å²) in [7, 11) is 1.61. The second-order valence-corrected chi connectivity index (χ2v) is 21.7. The smallest absolute Gasteiger partial charge is 0.407 e. The molecular formula is C55H62F10N10O9. The number of methoxy groups -OCH3 is 2. The van der Waals surface area contributed by atoms with Crippen molar-refractivity contribution >= 4 is 35.8 Å². The number of ketones is 1. The molecule has 2 aromatic heterocycles. The number of alkyl carbamates (subject to hydrolysis) is 2. The average Bonchev–Trinajstić information content (AvgIpc) is 2.35. The Balaban J connectivity index is 1.23. The zero-order valence-electron chi connectivity index (χ0n) is 46.5. The zero-order valence-corrected chi connectivity index (χ0v) is 46.5. The van der Waals surface area contributed by atoms with Crippen molar-refractivity contribution in [3.8, 4) is 23.1 Å². The van der Waals surface area contributed by atoms with E-state index >= 15 is 8.78 Å². The molecule has 0 spiro atoms. The highest BCUT2D eigenvalue weighted by molar-refractivity contribution is 5.89. The van der Waals surface area contributed by atoms with Gasteiger partial charge in [0.15, 0.2) is 5.78 Å². The van der Waals surface area contributed by atoms with Gasteiger partial charge in [-0.1, -0.05) is 24.0 Å². The number of aromatic nitrogens is 4. The van der Waals surface area contributed by atoms with Crippen LogP contribution in [-0.2, 0) is 46.3 Å². The molecule has 3 fully saturated rings. The topological polar surface area (TPSA) is 212 Å². The summed E-state index contributed by atoms with van der Waals surface area (Å²) in [6.07, 6.45) is -10.5. The molecule has 0 radical (unpaired) electrons. The van der Waals surface area contributed by atoms with E-state index in [0.29, 0.717) is 85.6 Å².